The molecule has 0 saturated carbocycles. The zero-order chi connectivity index (χ0) is 15.2. The summed E-state index contributed by atoms with van der Waals surface area (Å²) in [6.07, 6.45) is 3.27. The van der Waals surface area contributed by atoms with Gasteiger partial charge in [-0.1, -0.05) is 32.4 Å². The SMILES string of the molecule is CCCNc1ncc(Cl)c(NCC(C)(O)CC(C)C)n1. The smallest absolute Gasteiger partial charge is 0.224 e. The van der Waals surface area contributed by atoms with Gasteiger partial charge in [0.25, 0.3) is 0 Å². The van der Waals surface area contributed by atoms with Crippen LogP contribution in [0.15, 0.2) is 6.20 Å². The summed E-state index contributed by atoms with van der Waals surface area (Å²) < 4.78 is 0. The summed E-state index contributed by atoms with van der Waals surface area (Å²) in [5.74, 6) is 1.51. The van der Waals surface area contributed by atoms with Gasteiger partial charge in [0.1, 0.15) is 5.02 Å². The Bertz CT molecular complexity index is 424. The van der Waals surface area contributed by atoms with Crippen LogP contribution in [0.4, 0.5) is 11.8 Å². The summed E-state index contributed by atoms with van der Waals surface area (Å²) in [6.45, 7) is 9.26. The molecule has 0 aliphatic carbocycles. The Morgan fingerprint density at radius 3 is 2.70 bits per heavy atom. The third-order valence-electron chi connectivity index (χ3n) is 2.76. The highest BCUT2D eigenvalue weighted by Crippen LogP contribution is 2.22. The number of hydrogen-bond acceptors (Lipinski definition) is 5. The first-order valence-electron chi connectivity index (χ1n) is 7.06. The first kappa shape index (κ1) is 17.0. The van der Waals surface area contributed by atoms with E-state index in [0.29, 0.717) is 35.7 Å². The van der Waals surface area contributed by atoms with E-state index in [9.17, 15) is 5.11 Å². The topological polar surface area (TPSA) is 70.1 Å². The van der Waals surface area contributed by atoms with Crippen molar-refractivity contribution >= 4 is 23.4 Å². The van der Waals surface area contributed by atoms with E-state index in [0.717, 1.165) is 13.0 Å². The summed E-state index contributed by atoms with van der Waals surface area (Å²) in [5, 5.41) is 16.9. The second kappa shape index (κ2) is 7.64. The highest BCUT2D eigenvalue weighted by atomic mass is 35.5. The molecule has 1 atom stereocenters. The van der Waals surface area contributed by atoms with Crippen LogP contribution >= 0.6 is 11.6 Å². The van der Waals surface area contributed by atoms with Crippen LogP contribution in [0.1, 0.15) is 40.5 Å². The molecule has 6 heteroatoms. The number of aromatic nitrogens is 2. The van der Waals surface area contributed by atoms with Crippen molar-refractivity contribution in [1.29, 1.82) is 0 Å². The minimum atomic E-state index is -0.792. The van der Waals surface area contributed by atoms with Crippen molar-refractivity contribution in [2.75, 3.05) is 23.7 Å². The van der Waals surface area contributed by atoms with E-state index in [1.165, 1.54) is 0 Å². The first-order valence-corrected chi connectivity index (χ1v) is 7.44. The average molecular weight is 301 g/mol. The molecule has 0 bridgehead atoms. The molecule has 5 nitrogen and oxygen atoms in total. The van der Waals surface area contributed by atoms with Gasteiger partial charge < -0.3 is 15.7 Å². The van der Waals surface area contributed by atoms with E-state index in [2.05, 4.69) is 41.4 Å². The van der Waals surface area contributed by atoms with E-state index >= 15 is 0 Å². The van der Waals surface area contributed by atoms with Crippen LogP contribution < -0.4 is 10.6 Å². The Kier molecular flexibility index (Phi) is 6.49. The molecule has 0 saturated heterocycles. The Morgan fingerprint density at radius 1 is 1.40 bits per heavy atom. The Morgan fingerprint density at radius 2 is 2.10 bits per heavy atom. The third-order valence-corrected chi connectivity index (χ3v) is 3.04. The summed E-state index contributed by atoms with van der Waals surface area (Å²) in [7, 11) is 0. The Balaban J connectivity index is 2.66. The molecule has 0 aliphatic rings. The van der Waals surface area contributed by atoms with Gasteiger partial charge >= 0.3 is 0 Å². The van der Waals surface area contributed by atoms with E-state index in [-0.39, 0.29) is 0 Å². The van der Waals surface area contributed by atoms with Gasteiger partial charge in [-0.05, 0) is 25.7 Å². The lowest BCUT2D eigenvalue weighted by atomic mass is 9.94. The number of nitrogens with zero attached hydrogens (tertiary/aromatic N) is 2. The van der Waals surface area contributed by atoms with Gasteiger partial charge in [-0.3, -0.25) is 0 Å². The van der Waals surface area contributed by atoms with E-state index in [4.69, 9.17) is 11.6 Å². The molecule has 1 heterocycles. The van der Waals surface area contributed by atoms with Crippen molar-refractivity contribution in [3.8, 4) is 0 Å². The van der Waals surface area contributed by atoms with Gasteiger partial charge in [-0.15, -0.1) is 0 Å². The van der Waals surface area contributed by atoms with Crippen LogP contribution in [0.25, 0.3) is 0 Å². The number of anilines is 2. The normalized spacial score (nSPS) is 14.2. The summed E-state index contributed by atoms with van der Waals surface area (Å²) in [6, 6.07) is 0. The van der Waals surface area contributed by atoms with Crippen molar-refractivity contribution < 1.29 is 5.11 Å². The van der Waals surface area contributed by atoms with Crippen molar-refractivity contribution in [3.05, 3.63) is 11.2 Å². The van der Waals surface area contributed by atoms with E-state index in [1.54, 1.807) is 6.20 Å². The predicted molar refractivity (Wildman–Crippen MR) is 84.4 cm³/mol. The van der Waals surface area contributed by atoms with Gasteiger partial charge in [0.2, 0.25) is 5.95 Å². The summed E-state index contributed by atoms with van der Waals surface area (Å²) in [4.78, 5) is 8.43. The molecular weight excluding hydrogens is 276 g/mol. The van der Waals surface area contributed by atoms with Crippen molar-refractivity contribution in [2.24, 2.45) is 5.92 Å². The van der Waals surface area contributed by atoms with Crippen molar-refractivity contribution in [1.82, 2.24) is 9.97 Å². The number of nitrogens with one attached hydrogen (secondary N) is 2. The second-order valence-electron chi connectivity index (χ2n) is 5.77. The molecule has 1 aromatic heterocycles. The van der Waals surface area contributed by atoms with Crippen LogP contribution in [0.2, 0.25) is 5.02 Å². The fourth-order valence-corrected chi connectivity index (χ4v) is 2.20. The van der Waals surface area contributed by atoms with Gasteiger partial charge in [-0.25, -0.2) is 4.98 Å². The lowest BCUT2D eigenvalue weighted by molar-refractivity contribution is 0.0515. The highest BCUT2D eigenvalue weighted by molar-refractivity contribution is 6.32. The first-order chi connectivity index (χ1) is 9.34. The monoisotopic (exact) mass is 300 g/mol. The maximum Gasteiger partial charge on any atom is 0.224 e. The largest absolute Gasteiger partial charge is 0.388 e. The Labute approximate surface area is 126 Å². The zero-order valence-electron chi connectivity index (χ0n) is 12.7. The minimum absolute atomic E-state index is 0.398. The molecule has 1 unspecified atom stereocenters. The van der Waals surface area contributed by atoms with Crippen molar-refractivity contribution in [3.63, 3.8) is 0 Å². The molecule has 3 N–H and O–H groups in total. The van der Waals surface area contributed by atoms with Gasteiger partial charge in [-0.2, -0.15) is 4.98 Å². The lowest BCUT2D eigenvalue weighted by Gasteiger charge is -2.26. The molecule has 20 heavy (non-hydrogen) atoms. The molecular formula is C14H25ClN4O. The third kappa shape index (κ3) is 5.92. The average Bonchev–Trinajstić information content (AvgIpc) is 2.34. The van der Waals surface area contributed by atoms with Crippen LogP contribution in [-0.2, 0) is 0 Å². The quantitative estimate of drug-likeness (QED) is 0.688. The van der Waals surface area contributed by atoms with E-state index in [1.807, 2.05) is 6.92 Å². The van der Waals surface area contributed by atoms with Crippen molar-refractivity contribution in [2.45, 2.75) is 46.1 Å². The molecule has 0 fully saturated rings. The fourth-order valence-electron chi connectivity index (χ4n) is 2.04. The number of hydrogen-bond donors (Lipinski definition) is 3. The van der Waals surface area contributed by atoms with Crippen LogP contribution in [0, 0.1) is 5.92 Å². The highest BCUT2D eigenvalue weighted by Gasteiger charge is 2.22. The van der Waals surface area contributed by atoms with Gasteiger partial charge in [0, 0.05) is 13.1 Å². The lowest BCUT2D eigenvalue weighted by Crippen LogP contribution is -2.35. The molecule has 1 rings (SSSR count). The minimum Gasteiger partial charge on any atom is -0.388 e. The number of aliphatic hydroxyl groups is 1. The summed E-state index contributed by atoms with van der Waals surface area (Å²) in [5.41, 5.74) is -0.792. The van der Waals surface area contributed by atoms with Gasteiger partial charge in [0.15, 0.2) is 5.82 Å². The second-order valence-corrected chi connectivity index (χ2v) is 6.17. The standard InChI is InChI=1S/C14H25ClN4O/c1-5-6-16-13-17-8-11(15)12(19-13)18-9-14(4,20)7-10(2)3/h8,10,20H,5-7,9H2,1-4H3,(H2,16,17,18,19). The number of rotatable bonds is 8. The number of halogens is 1. The molecule has 0 spiro atoms. The molecule has 1 aromatic rings. The van der Waals surface area contributed by atoms with E-state index < -0.39 is 5.60 Å². The molecule has 0 amide bonds. The van der Waals surface area contributed by atoms with Crippen LogP contribution in [-0.4, -0.2) is 33.8 Å². The fraction of sp³-hybridized carbons (Fsp3) is 0.714. The maximum atomic E-state index is 10.3. The maximum absolute atomic E-state index is 10.3. The van der Waals surface area contributed by atoms with Crippen LogP contribution in [0.3, 0.4) is 0 Å². The van der Waals surface area contributed by atoms with Gasteiger partial charge in [0.05, 0.1) is 11.8 Å². The molecule has 0 aliphatic heterocycles. The molecule has 0 radical (unpaired) electrons. The molecule has 0 aromatic carbocycles. The summed E-state index contributed by atoms with van der Waals surface area (Å²) >= 11 is 6.07. The van der Waals surface area contributed by atoms with Crippen LogP contribution in [0.5, 0.6) is 0 Å². The molecule has 114 valence electrons. The zero-order valence-corrected chi connectivity index (χ0v) is 13.5. The predicted octanol–water partition coefficient (Wildman–Crippen LogP) is 3.16. The Hall–Kier alpha value is -1.07.